The number of carbonyl (C=O) groups is 1. The van der Waals surface area contributed by atoms with E-state index in [1.165, 1.54) is 5.56 Å². The van der Waals surface area contributed by atoms with Gasteiger partial charge in [0.15, 0.2) is 5.58 Å². The summed E-state index contributed by atoms with van der Waals surface area (Å²) in [7, 11) is 0. The summed E-state index contributed by atoms with van der Waals surface area (Å²) in [6.07, 6.45) is 3.17. The number of hydrogen-bond acceptors (Lipinski definition) is 5. The number of carbonyl (C=O) groups excluding carboxylic acids is 1. The van der Waals surface area contributed by atoms with Crippen LogP contribution in [0, 0.1) is 12.8 Å². The van der Waals surface area contributed by atoms with Crippen LogP contribution in [0.2, 0.25) is 0 Å². The summed E-state index contributed by atoms with van der Waals surface area (Å²) in [4.78, 5) is 22.1. The molecule has 6 nitrogen and oxygen atoms in total. The first-order chi connectivity index (χ1) is 15.2. The fourth-order valence-electron chi connectivity index (χ4n) is 4.11. The molecule has 1 aliphatic rings. The molecule has 0 aliphatic carbocycles. The number of furan rings is 1. The second-order valence-electron chi connectivity index (χ2n) is 8.06. The Kier molecular flexibility index (Phi) is 5.20. The van der Waals surface area contributed by atoms with Crippen LogP contribution in [0.15, 0.2) is 75.8 Å². The minimum atomic E-state index is -0.0445. The Morgan fingerprint density at radius 1 is 1.06 bits per heavy atom. The van der Waals surface area contributed by atoms with Crippen molar-refractivity contribution >= 4 is 28.7 Å². The number of nitrogens with zero attached hydrogens (tertiary/aromatic N) is 3. The zero-order valence-electron chi connectivity index (χ0n) is 17.5. The Hall–Kier alpha value is -3.54. The van der Waals surface area contributed by atoms with E-state index in [1.54, 1.807) is 6.26 Å². The van der Waals surface area contributed by atoms with Crippen molar-refractivity contribution in [1.82, 2.24) is 4.98 Å². The highest BCUT2D eigenvalue weighted by molar-refractivity contribution is 5.95. The van der Waals surface area contributed by atoms with E-state index in [1.807, 2.05) is 72.5 Å². The van der Waals surface area contributed by atoms with Crippen molar-refractivity contribution in [3.8, 4) is 0 Å². The molecule has 2 aromatic carbocycles. The first kappa shape index (κ1) is 19.4. The molecule has 0 saturated carbocycles. The Bertz CT molecular complexity index is 1120. The van der Waals surface area contributed by atoms with Crippen LogP contribution in [0.1, 0.15) is 24.2 Å². The average molecular weight is 415 g/mol. The minimum absolute atomic E-state index is 0.0445. The molecule has 6 heteroatoms. The summed E-state index contributed by atoms with van der Waals surface area (Å²) >= 11 is 0. The molecule has 0 atom stereocenters. The smallest absolute Gasteiger partial charge is 0.298 e. The van der Waals surface area contributed by atoms with Crippen molar-refractivity contribution in [1.29, 1.82) is 0 Å². The number of aryl methyl sites for hydroxylation is 1. The van der Waals surface area contributed by atoms with Gasteiger partial charge in [0.25, 0.3) is 6.01 Å². The maximum atomic E-state index is 13.5. The monoisotopic (exact) mass is 415 g/mol. The molecule has 1 fully saturated rings. The number of hydrogen-bond donors (Lipinski definition) is 0. The van der Waals surface area contributed by atoms with Gasteiger partial charge in [-0.1, -0.05) is 29.8 Å². The lowest BCUT2D eigenvalue weighted by Gasteiger charge is -2.33. The lowest BCUT2D eigenvalue weighted by atomic mass is 9.95. The molecule has 1 amide bonds. The number of oxazole rings is 1. The summed E-state index contributed by atoms with van der Waals surface area (Å²) in [5.74, 6) is 0.868. The maximum Gasteiger partial charge on any atom is 0.298 e. The average Bonchev–Trinajstić information content (AvgIpc) is 3.47. The predicted molar refractivity (Wildman–Crippen MR) is 120 cm³/mol. The molecule has 31 heavy (non-hydrogen) atoms. The number of anilines is 2. The summed E-state index contributed by atoms with van der Waals surface area (Å²) in [6, 6.07) is 20.3. The second kappa shape index (κ2) is 8.30. The van der Waals surface area contributed by atoms with Crippen LogP contribution >= 0.6 is 0 Å². The zero-order chi connectivity index (χ0) is 21.2. The van der Waals surface area contributed by atoms with Gasteiger partial charge in [0.05, 0.1) is 12.8 Å². The van der Waals surface area contributed by atoms with Crippen LogP contribution in [0.25, 0.3) is 11.1 Å². The van der Waals surface area contributed by atoms with Crippen LogP contribution in [0.5, 0.6) is 0 Å². The van der Waals surface area contributed by atoms with Crippen LogP contribution < -0.4 is 9.80 Å². The van der Waals surface area contributed by atoms with E-state index in [0.717, 1.165) is 48.5 Å². The highest BCUT2D eigenvalue weighted by Gasteiger charge is 2.31. The molecule has 0 radical (unpaired) electrons. The van der Waals surface area contributed by atoms with Gasteiger partial charge in [0, 0.05) is 24.7 Å². The molecule has 1 saturated heterocycles. The molecule has 158 valence electrons. The van der Waals surface area contributed by atoms with Gasteiger partial charge in [-0.15, -0.1) is 0 Å². The number of piperidine rings is 1. The van der Waals surface area contributed by atoms with Crippen LogP contribution in [-0.4, -0.2) is 24.0 Å². The first-order valence-corrected chi connectivity index (χ1v) is 10.7. The minimum Gasteiger partial charge on any atom is -0.467 e. The summed E-state index contributed by atoms with van der Waals surface area (Å²) in [6.45, 7) is 3.96. The SMILES string of the molecule is Cc1ccc(N(Cc2ccco2)C(=O)C2CCN(c3nc4ccccc4o3)CC2)cc1. The number of para-hydroxylation sites is 2. The van der Waals surface area contributed by atoms with Gasteiger partial charge >= 0.3 is 0 Å². The standard InChI is InChI=1S/C25H25N3O3/c1-18-8-10-20(11-9-18)28(17-21-5-4-16-30-21)24(29)19-12-14-27(15-13-19)25-26-22-6-2-3-7-23(22)31-25/h2-11,16,19H,12-15,17H2,1H3. The van der Waals surface area contributed by atoms with Crippen LogP contribution in [-0.2, 0) is 11.3 Å². The topological polar surface area (TPSA) is 62.7 Å². The van der Waals surface area contributed by atoms with Gasteiger partial charge < -0.3 is 18.6 Å². The molecule has 5 rings (SSSR count). The van der Waals surface area contributed by atoms with Crippen molar-refractivity contribution < 1.29 is 13.6 Å². The molecular weight excluding hydrogens is 390 g/mol. The molecule has 1 aliphatic heterocycles. The Labute approximate surface area is 181 Å². The number of aromatic nitrogens is 1. The van der Waals surface area contributed by atoms with E-state index in [0.29, 0.717) is 12.6 Å². The number of amides is 1. The normalized spacial score (nSPS) is 14.8. The highest BCUT2D eigenvalue weighted by Crippen LogP contribution is 2.29. The third kappa shape index (κ3) is 4.06. The first-order valence-electron chi connectivity index (χ1n) is 10.7. The Balaban J connectivity index is 1.31. The molecule has 2 aromatic heterocycles. The zero-order valence-corrected chi connectivity index (χ0v) is 17.5. The van der Waals surface area contributed by atoms with E-state index in [4.69, 9.17) is 8.83 Å². The van der Waals surface area contributed by atoms with Crippen molar-refractivity contribution in [2.45, 2.75) is 26.3 Å². The van der Waals surface area contributed by atoms with Gasteiger partial charge in [-0.3, -0.25) is 4.79 Å². The van der Waals surface area contributed by atoms with Crippen molar-refractivity contribution in [2.75, 3.05) is 22.9 Å². The second-order valence-corrected chi connectivity index (χ2v) is 8.06. The van der Waals surface area contributed by atoms with E-state index < -0.39 is 0 Å². The van der Waals surface area contributed by atoms with Crippen molar-refractivity contribution in [3.63, 3.8) is 0 Å². The number of benzene rings is 2. The van der Waals surface area contributed by atoms with E-state index >= 15 is 0 Å². The van der Waals surface area contributed by atoms with Gasteiger partial charge in [-0.2, -0.15) is 4.98 Å². The number of rotatable bonds is 5. The molecule has 0 N–H and O–H groups in total. The predicted octanol–water partition coefficient (Wildman–Crippen LogP) is 5.18. The number of fused-ring (bicyclic) bond motifs is 1. The molecule has 0 bridgehead atoms. The fraction of sp³-hybridized carbons (Fsp3) is 0.280. The largest absolute Gasteiger partial charge is 0.467 e. The van der Waals surface area contributed by atoms with E-state index in [2.05, 4.69) is 9.88 Å². The third-order valence-electron chi connectivity index (χ3n) is 5.90. The summed E-state index contributed by atoms with van der Waals surface area (Å²) in [5.41, 5.74) is 3.72. The van der Waals surface area contributed by atoms with E-state index in [-0.39, 0.29) is 11.8 Å². The molecule has 4 aromatic rings. The van der Waals surface area contributed by atoms with E-state index in [9.17, 15) is 4.79 Å². The van der Waals surface area contributed by atoms with Gasteiger partial charge in [-0.05, 0) is 56.2 Å². The summed E-state index contributed by atoms with van der Waals surface area (Å²) in [5, 5.41) is 0. The molecule has 3 heterocycles. The van der Waals surface area contributed by atoms with Crippen molar-refractivity contribution in [2.24, 2.45) is 5.92 Å². The summed E-state index contributed by atoms with van der Waals surface area (Å²) < 4.78 is 11.4. The maximum absolute atomic E-state index is 13.5. The highest BCUT2D eigenvalue weighted by atomic mass is 16.4. The molecule has 0 unspecified atom stereocenters. The Morgan fingerprint density at radius 3 is 2.55 bits per heavy atom. The Morgan fingerprint density at radius 2 is 1.84 bits per heavy atom. The van der Waals surface area contributed by atoms with Crippen molar-refractivity contribution in [3.05, 3.63) is 78.3 Å². The van der Waals surface area contributed by atoms with Gasteiger partial charge in [0.2, 0.25) is 5.91 Å². The molecule has 0 spiro atoms. The quantitative estimate of drug-likeness (QED) is 0.449. The third-order valence-corrected chi connectivity index (χ3v) is 5.90. The lowest BCUT2D eigenvalue weighted by Crippen LogP contribution is -2.42. The van der Waals surface area contributed by atoms with Gasteiger partial charge in [0.1, 0.15) is 11.3 Å². The van der Waals surface area contributed by atoms with Crippen LogP contribution in [0.4, 0.5) is 11.7 Å². The molecular formula is C25H25N3O3. The fourth-order valence-corrected chi connectivity index (χ4v) is 4.11. The van der Waals surface area contributed by atoms with Crippen LogP contribution in [0.3, 0.4) is 0 Å². The van der Waals surface area contributed by atoms with Gasteiger partial charge in [-0.25, -0.2) is 0 Å². The lowest BCUT2D eigenvalue weighted by molar-refractivity contribution is -0.123.